The number of nitro groups is 1. The van der Waals surface area contributed by atoms with Gasteiger partial charge in [-0.05, 0) is 28.9 Å². The number of nitro benzene ring substituents is 1. The lowest BCUT2D eigenvalue weighted by atomic mass is 10.3. The van der Waals surface area contributed by atoms with Crippen LogP contribution in [-0.2, 0) is 4.79 Å². The lowest BCUT2D eigenvalue weighted by molar-refractivity contribution is -0.384. The van der Waals surface area contributed by atoms with Gasteiger partial charge < -0.3 is 5.32 Å². The number of carbonyl (C=O) groups is 1. The van der Waals surface area contributed by atoms with Crippen molar-refractivity contribution in [3.05, 3.63) is 32.8 Å². The number of alkyl halides is 1. The molecule has 1 aromatic rings. The molecule has 0 bridgehead atoms. The summed E-state index contributed by atoms with van der Waals surface area (Å²) < 4.78 is 0.437. The van der Waals surface area contributed by atoms with Gasteiger partial charge >= 0.3 is 0 Å². The molecule has 1 atom stereocenters. The fourth-order valence-electron chi connectivity index (χ4n) is 0.951. The van der Waals surface area contributed by atoms with Gasteiger partial charge in [0.15, 0.2) is 0 Å². The maximum Gasteiger partial charge on any atom is 0.270 e. The van der Waals surface area contributed by atoms with Gasteiger partial charge in [0.2, 0.25) is 5.91 Å². The minimum absolute atomic E-state index is 0.0520. The fraction of sp³-hybridized carbons (Fsp3) is 0.222. The maximum atomic E-state index is 11.3. The van der Waals surface area contributed by atoms with Gasteiger partial charge in [-0.3, -0.25) is 14.9 Å². The van der Waals surface area contributed by atoms with Crippen LogP contribution in [0.4, 0.5) is 11.4 Å². The molecule has 7 heteroatoms. The molecule has 0 aliphatic carbocycles. The predicted octanol–water partition coefficient (Wildman–Crippen LogP) is 2.92. The number of carbonyl (C=O) groups excluding carboxylic acids is 1. The molecule has 0 heterocycles. The Balaban J connectivity index is 2.91. The van der Waals surface area contributed by atoms with Gasteiger partial charge in [-0.2, -0.15) is 0 Å². The molecule has 0 radical (unpaired) electrons. The smallest absolute Gasteiger partial charge is 0.270 e. The average molecular weight is 308 g/mol. The zero-order chi connectivity index (χ0) is 12.3. The van der Waals surface area contributed by atoms with Crippen LogP contribution in [-0.4, -0.2) is 16.2 Å². The first-order valence-corrected chi connectivity index (χ1v) is 5.53. The van der Waals surface area contributed by atoms with Crippen molar-refractivity contribution in [3.8, 4) is 0 Å². The van der Waals surface area contributed by atoms with E-state index in [-0.39, 0.29) is 11.6 Å². The Bertz CT molecular complexity index is 437. The molecule has 0 aromatic heterocycles. The Labute approximate surface area is 105 Å². The van der Waals surface area contributed by atoms with Crippen molar-refractivity contribution in [2.75, 3.05) is 5.32 Å². The molecule has 1 rings (SSSR count). The summed E-state index contributed by atoms with van der Waals surface area (Å²) in [6, 6.07) is 4.06. The van der Waals surface area contributed by atoms with Crippen molar-refractivity contribution in [1.29, 1.82) is 0 Å². The predicted molar refractivity (Wildman–Crippen MR) is 64.7 cm³/mol. The van der Waals surface area contributed by atoms with E-state index in [2.05, 4.69) is 21.2 Å². The SMILES string of the molecule is C[C@H](Cl)C(=O)Nc1ccc([N+](=O)[O-])cc1Br. The summed E-state index contributed by atoms with van der Waals surface area (Å²) >= 11 is 8.71. The van der Waals surface area contributed by atoms with E-state index in [1.165, 1.54) is 25.1 Å². The Morgan fingerprint density at radius 2 is 2.25 bits per heavy atom. The summed E-state index contributed by atoms with van der Waals surface area (Å²) in [5.41, 5.74) is 0.395. The number of hydrogen-bond donors (Lipinski definition) is 1. The molecular formula is C9H8BrClN2O3. The largest absolute Gasteiger partial charge is 0.324 e. The number of anilines is 1. The molecule has 86 valence electrons. The summed E-state index contributed by atoms with van der Waals surface area (Å²) in [6.45, 7) is 1.54. The van der Waals surface area contributed by atoms with E-state index in [1.807, 2.05) is 0 Å². The summed E-state index contributed by atoms with van der Waals surface area (Å²) in [7, 11) is 0. The Kier molecular flexibility index (Phi) is 4.26. The van der Waals surface area contributed by atoms with E-state index < -0.39 is 10.3 Å². The van der Waals surface area contributed by atoms with Crippen LogP contribution in [0.25, 0.3) is 0 Å². The molecule has 0 unspecified atom stereocenters. The van der Waals surface area contributed by atoms with Gasteiger partial charge in [0, 0.05) is 16.6 Å². The lowest BCUT2D eigenvalue weighted by Gasteiger charge is -2.07. The minimum atomic E-state index is -0.665. The number of nitrogens with zero attached hydrogens (tertiary/aromatic N) is 1. The molecule has 16 heavy (non-hydrogen) atoms. The molecule has 0 spiro atoms. The monoisotopic (exact) mass is 306 g/mol. The van der Waals surface area contributed by atoms with E-state index in [0.717, 1.165) is 0 Å². The normalized spacial score (nSPS) is 11.9. The molecule has 0 aliphatic heterocycles. The molecule has 0 fully saturated rings. The first-order valence-electron chi connectivity index (χ1n) is 4.30. The highest BCUT2D eigenvalue weighted by atomic mass is 79.9. The third kappa shape index (κ3) is 3.18. The molecule has 5 nitrogen and oxygen atoms in total. The standard InChI is InChI=1S/C9H8BrClN2O3/c1-5(11)9(14)12-8-3-2-6(13(15)16)4-7(8)10/h2-5H,1H3,(H,12,14)/t5-/m0/s1. The molecular weight excluding hydrogens is 299 g/mol. The Morgan fingerprint density at radius 1 is 1.62 bits per heavy atom. The van der Waals surface area contributed by atoms with E-state index in [1.54, 1.807) is 0 Å². The van der Waals surface area contributed by atoms with Crippen molar-refractivity contribution in [3.63, 3.8) is 0 Å². The Morgan fingerprint density at radius 3 is 2.69 bits per heavy atom. The van der Waals surface area contributed by atoms with Crippen LogP contribution in [0.2, 0.25) is 0 Å². The number of rotatable bonds is 3. The van der Waals surface area contributed by atoms with Gasteiger partial charge in [0.25, 0.3) is 5.69 Å². The topological polar surface area (TPSA) is 72.2 Å². The van der Waals surface area contributed by atoms with Gasteiger partial charge in [-0.25, -0.2) is 0 Å². The fourth-order valence-corrected chi connectivity index (χ4v) is 1.47. The van der Waals surface area contributed by atoms with Crippen LogP contribution in [0.5, 0.6) is 0 Å². The number of halogens is 2. The van der Waals surface area contributed by atoms with Crippen LogP contribution in [0, 0.1) is 10.1 Å². The number of nitrogens with one attached hydrogen (secondary N) is 1. The molecule has 0 aliphatic rings. The van der Waals surface area contributed by atoms with Crippen LogP contribution in [0.3, 0.4) is 0 Å². The highest BCUT2D eigenvalue weighted by Gasteiger charge is 2.13. The van der Waals surface area contributed by atoms with Gasteiger partial charge in [0.1, 0.15) is 5.38 Å². The van der Waals surface area contributed by atoms with E-state index in [4.69, 9.17) is 11.6 Å². The van der Waals surface area contributed by atoms with E-state index in [0.29, 0.717) is 10.2 Å². The van der Waals surface area contributed by atoms with E-state index in [9.17, 15) is 14.9 Å². The average Bonchev–Trinajstić information content (AvgIpc) is 2.20. The van der Waals surface area contributed by atoms with Crippen LogP contribution < -0.4 is 5.32 Å². The molecule has 1 amide bonds. The summed E-state index contributed by atoms with van der Waals surface area (Å²) in [5, 5.41) is 12.3. The van der Waals surface area contributed by atoms with Crippen molar-refractivity contribution in [2.24, 2.45) is 0 Å². The first kappa shape index (κ1) is 12.9. The molecule has 0 saturated carbocycles. The quantitative estimate of drug-likeness (QED) is 0.530. The second-order valence-corrected chi connectivity index (χ2v) is 4.54. The van der Waals surface area contributed by atoms with E-state index >= 15 is 0 Å². The second kappa shape index (κ2) is 5.27. The van der Waals surface area contributed by atoms with Gasteiger partial charge in [-0.15, -0.1) is 11.6 Å². The van der Waals surface area contributed by atoms with Crippen molar-refractivity contribution < 1.29 is 9.72 Å². The molecule has 0 saturated heterocycles. The third-order valence-corrected chi connectivity index (χ3v) is 2.64. The van der Waals surface area contributed by atoms with Crippen molar-refractivity contribution in [1.82, 2.24) is 0 Å². The number of non-ortho nitro benzene ring substituents is 1. The van der Waals surface area contributed by atoms with Crippen molar-refractivity contribution in [2.45, 2.75) is 12.3 Å². The van der Waals surface area contributed by atoms with Gasteiger partial charge in [0.05, 0.1) is 10.6 Å². The summed E-state index contributed by atoms with van der Waals surface area (Å²) in [6.07, 6.45) is 0. The minimum Gasteiger partial charge on any atom is -0.324 e. The highest BCUT2D eigenvalue weighted by molar-refractivity contribution is 9.10. The molecule has 1 aromatic carbocycles. The number of benzene rings is 1. The zero-order valence-corrected chi connectivity index (χ0v) is 10.6. The van der Waals surface area contributed by atoms with Crippen molar-refractivity contribution >= 4 is 44.8 Å². The lowest BCUT2D eigenvalue weighted by Crippen LogP contribution is -2.20. The zero-order valence-electron chi connectivity index (χ0n) is 8.24. The highest BCUT2D eigenvalue weighted by Crippen LogP contribution is 2.27. The maximum absolute atomic E-state index is 11.3. The summed E-state index contributed by atoms with van der Waals surface area (Å²) in [5.74, 6) is -0.365. The second-order valence-electron chi connectivity index (χ2n) is 3.03. The third-order valence-electron chi connectivity index (χ3n) is 1.78. The Hall–Kier alpha value is -1.14. The van der Waals surface area contributed by atoms with Crippen LogP contribution in [0.15, 0.2) is 22.7 Å². The van der Waals surface area contributed by atoms with Crippen LogP contribution in [0.1, 0.15) is 6.92 Å². The number of amides is 1. The first-order chi connectivity index (χ1) is 7.41. The molecule has 1 N–H and O–H groups in total. The van der Waals surface area contributed by atoms with Crippen LogP contribution >= 0.6 is 27.5 Å². The van der Waals surface area contributed by atoms with Gasteiger partial charge in [-0.1, -0.05) is 0 Å². The summed E-state index contributed by atoms with van der Waals surface area (Å²) in [4.78, 5) is 21.2. The number of hydrogen-bond acceptors (Lipinski definition) is 3.